The number of methoxy groups -OCH3 is 1. The van der Waals surface area contributed by atoms with Crippen LogP contribution in [0, 0.1) is 16.7 Å². The summed E-state index contributed by atoms with van der Waals surface area (Å²) in [6, 6.07) is 9.20. The quantitative estimate of drug-likeness (QED) is 0.825. The second kappa shape index (κ2) is 6.45. The average Bonchev–Trinajstić information content (AvgIpc) is 2.59. The van der Waals surface area contributed by atoms with Crippen LogP contribution in [0.15, 0.2) is 46.8 Å². The van der Waals surface area contributed by atoms with Gasteiger partial charge in [-0.3, -0.25) is 4.79 Å². The molecule has 1 atom stereocenters. The molecular weight excluding hydrogens is 328 g/mol. The van der Waals surface area contributed by atoms with Gasteiger partial charge in [0, 0.05) is 23.4 Å². The monoisotopic (exact) mass is 350 g/mol. The van der Waals surface area contributed by atoms with Gasteiger partial charge in [-0.15, -0.1) is 0 Å². The topological polar surface area (TPSA) is 79.2 Å². The number of benzene rings is 1. The van der Waals surface area contributed by atoms with Crippen LogP contribution in [0.3, 0.4) is 0 Å². The van der Waals surface area contributed by atoms with E-state index in [1.165, 1.54) is 7.11 Å². The summed E-state index contributed by atoms with van der Waals surface area (Å²) in [4.78, 5) is 24.6. The summed E-state index contributed by atoms with van der Waals surface area (Å²) in [5.41, 5.74) is 4.07. The number of allylic oxidation sites excluding steroid dienone is 4. The molecule has 1 N–H and O–H groups in total. The van der Waals surface area contributed by atoms with Crippen LogP contribution in [0.5, 0.6) is 0 Å². The number of hydrogen-bond acceptors (Lipinski definition) is 5. The fourth-order valence-corrected chi connectivity index (χ4v) is 3.85. The normalized spacial score (nSPS) is 21.7. The number of esters is 1. The summed E-state index contributed by atoms with van der Waals surface area (Å²) in [7, 11) is 1.34. The second-order valence-corrected chi connectivity index (χ2v) is 7.66. The van der Waals surface area contributed by atoms with Crippen LogP contribution in [0.25, 0.3) is 0 Å². The first-order valence-electron chi connectivity index (χ1n) is 8.60. The third kappa shape index (κ3) is 3.03. The third-order valence-electron chi connectivity index (χ3n) is 5.03. The Kier molecular flexibility index (Phi) is 4.45. The largest absolute Gasteiger partial charge is 0.465 e. The van der Waals surface area contributed by atoms with E-state index in [4.69, 9.17) is 4.74 Å². The standard InChI is InChI=1S/C21H22N2O3/c1-12-15(11-22)18(13-5-7-14(8-6-13)20(25)26-4)19-16(23-12)9-21(2,3)10-17(19)24/h5-8,18,23H,9-10H2,1-4H3/t18-/m0/s1. The Morgan fingerprint density at radius 3 is 2.50 bits per heavy atom. The number of carbonyl (C=O) groups is 2. The molecule has 0 bridgehead atoms. The molecule has 5 heteroatoms. The molecule has 1 aromatic carbocycles. The first-order valence-corrected chi connectivity index (χ1v) is 8.60. The number of ether oxygens (including phenoxy) is 1. The molecule has 5 nitrogen and oxygen atoms in total. The van der Waals surface area contributed by atoms with E-state index in [2.05, 4.69) is 25.2 Å². The maximum absolute atomic E-state index is 12.9. The first kappa shape index (κ1) is 17.9. The van der Waals surface area contributed by atoms with Crippen molar-refractivity contribution in [3.8, 4) is 6.07 Å². The van der Waals surface area contributed by atoms with Gasteiger partial charge in [0.2, 0.25) is 0 Å². The number of nitrogens with one attached hydrogen (secondary N) is 1. The molecule has 1 heterocycles. The van der Waals surface area contributed by atoms with E-state index in [-0.39, 0.29) is 11.2 Å². The fourth-order valence-electron chi connectivity index (χ4n) is 3.85. The highest BCUT2D eigenvalue weighted by atomic mass is 16.5. The van der Waals surface area contributed by atoms with Gasteiger partial charge in [0.25, 0.3) is 0 Å². The van der Waals surface area contributed by atoms with Crippen molar-refractivity contribution in [2.75, 3.05) is 7.11 Å². The Morgan fingerprint density at radius 2 is 1.92 bits per heavy atom. The average molecular weight is 350 g/mol. The number of ketones is 1. The highest BCUT2D eigenvalue weighted by molar-refractivity contribution is 6.00. The Bertz CT molecular complexity index is 883. The van der Waals surface area contributed by atoms with E-state index >= 15 is 0 Å². The van der Waals surface area contributed by atoms with E-state index in [1.54, 1.807) is 24.3 Å². The lowest BCUT2D eigenvalue weighted by Gasteiger charge is -2.38. The minimum absolute atomic E-state index is 0.0750. The van der Waals surface area contributed by atoms with Crippen LogP contribution < -0.4 is 5.32 Å². The zero-order valence-electron chi connectivity index (χ0n) is 15.5. The molecular formula is C21H22N2O3. The van der Waals surface area contributed by atoms with Crippen LogP contribution in [0.1, 0.15) is 55.5 Å². The van der Waals surface area contributed by atoms with E-state index in [0.29, 0.717) is 23.1 Å². The fraction of sp³-hybridized carbons (Fsp3) is 0.381. The Hall–Kier alpha value is -2.87. The highest BCUT2D eigenvalue weighted by Crippen LogP contribution is 2.46. The van der Waals surface area contributed by atoms with Crippen LogP contribution in [-0.2, 0) is 9.53 Å². The van der Waals surface area contributed by atoms with Crippen molar-refractivity contribution in [1.29, 1.82) is 5.26 Å². The van der Waals surface area contributed by atoms with E-state index in [9.17, 15) is 14.9 Å². The number of carbonyl (C=O) groups excluding carboxylic acids is 2. The Balaban J connectivity index is 2.11. The second-order valence-electron chi connectivity index (χ2n) is 7.66. The lowest BCUT2D eigenvalue weighted by molar-refractivity contribution is -0.118. The van der Waals surface area contributed by atoms with Gasteiger partial charge < -0.3 is 10.1 Å². The van der Waals surface area contributed by atoms with E-state index in [0.717, 1.165) is 23.4 Å². The molecule has 1 aliphatic heterocycles. The van der Waals surface area contributed by atoms with Crippen molar-refractivity contribution in [2.24, 2.45) is 5.41 Å². The van der Waals surface area contributed by atoms with Crippen molar-refractivity contribution in [3.05, 3.63) is 57.9 Å². The smallest absolute Gasteiger partial charge is 0.337 e. The van der Waals surface area contributed by atoms with Gasteiger partial charge in [0.05, 0.1) is 30.2 Å². The van der Waals surface area contributed by atoms with Gasteiger partial charge in [0.1, 0.15) is 0 Å². The minimum Gasteiger partial charge on any atom is -0.465 e. The lowest BCUT2D eigenvalue weighted by Crippen LogP contribution is -2.36. The number of rotatable bonds is 2. The molecule has 26 heavy (non-hydrogen) atoms. The molecule has 134 valence electrons. The zero-order chi connectivity index (χ0) is 19.1. The molecule has 1 aliphatic carbocycles. The number of hydrogen-bond donors (Lipinski definition) is 1. The summed E-state index contributed by atoms with van der Waals surface area (Å²) < 4.78 is 4.73. The number of nitriles is 1. The predicted molar refractivity (Wildman–Crippen MR) is 97.0 cm³/mol. The van der Waals surface area contributed by atoms with Crippen LogP contribution in [-0.4, -0.2) is 18.9 Å². The summed E-state index contributed by atoms with van der Waals surface area (Å²) in [6.45, 7) is 6.02. The van der Waals surface area contributed by atoms with Crippen LogP contribution >= 0.6 is 0 Å². The zero-order valence-corrected chi connectivity index (χ0v) is 15.5. The maximum atomic E-state index is 12.9. The van der Waals surface area contributed by atoms with Crippen molar-refractivity contribution in [1.82, 2.24) is 5.32 Å². The summed E-state index contributed by atoms with van der Waals surface area (Å²) in [5.74, 6) is -0.734. The van der Waals surface area contributed by atoms with Gasteiger partial charge in [-0.05, 0) is 36.5 Å². The highest BCUT2D eigenvalue weighted by Gasteiger charge is 2.41. The van der Waals surface area contributed by atoms with Crippen LogP contribution in [0.4, 0.5) is 0 Å². The van der Waals surface area contributed by atoms with E-state index in [1.807, 2.05) is 6.92 Å². The molecule has 0 saturated carbocycles. The van der Waals surface area contributed by atoms with Crippen LogP contribution in [0.2, 0.25) is 0 Å². The van der Waals surface area contributed by atoms with Crippen molar-refractivity contribution >= 4 is 11.8 Å². The first-order chi connectivity index (χ1) is 12.3. The minimum atomic E-state index is -0.413. The molecule has 0 unspecified atom stereocenters. The van der Waals surface area contributed by atoms with Gasteiger partial charge in [-0.1, -0.05) is 26.0 Å². The van der Waals surface area contributed by atoms with Crippen molar-refractivity contribution in [2.45, 2.75) is 39.5 Å². The van der Waals surface area contributed by atoms with Crippen molar-refractivity contribution in [3.63, 3.8) is 0 Å². The molecule has 0 spiro atoms. The summed E-state index contributed by atoms with van der Waals surface area (Å²) in [6.07, 6.45) is 1.23. The third-order valence-corrected chi connectivity index (χ3v) is 5.03. The van der Waals surface area contributed by atoms with E-state index < -0.39 is 11.9 Å². The molecule has 0 saturated heterocycles. The summed E-state index contributed by atoms with van der Waals surface area (Å²) >= 11 is 0. The predicted octanol–water partition coefficient (Wildman–Crippen LogP) is 3.60. The molecule has 2 aliphatic rings. The number of nitrogens with zero attached hydrogens (tertiary/aromatic N) is 1. The van der Waals surface area contributed by atoms with Gasteiger partial charge in [-0.25, -0.2) is 4.79 Å². The molecule has 0 aromatic heterocycles. The SMILES string of the molecule is COC(=O)c1ccc([C@H]2C(C#N)=C(C)NC3=C2C(=O)CC(C)(C)C3)cc1. The summed E-state index contributed by atoms with van der Waals surface area (Å²) in [5, 5.41) is 13.0. The van der Waals surface area contributed by atoms with Crippen molar-refractivity contribution < 1.29 is 14.3 Å². The maximum Gasteiger partial charge on any atom is 0.337 e. The molecule has 1 aromatic rings. The Labute approximate surface area is 153 Å². The van der Waals surface area contributed by atoms with Gasteiger partial charge in [-0.2, -0.15) is 5.26 Å². The molecule has 0 radical (unpaired) electrons. The van der Waals surface area contributed by atoms with Gasteiger partial charge >= 0.3 is 5.97 Å². The molecule has 3 rings (SSSR count). The molecule has 0 amide bonds. The van der Waals surface area contributed by atoms with Gasteiger partial charge in [0.15, 0.2) is 5.78 Å². The number of Topliss-reactive ketones (excluding diaryl/α,β-unsaturated/α-hetero) is 1. The molecule has 0 fully saturated rings. The lowest BCUT2D eigenvalue weighted by atomic mass is 9.69. The number of dihydropyridines is 1. The Morgan fingerprint density at radius 1 is 1.27 bits per heavy atom.